The van der Waals surface area contributed by atoms with Crippen LogP contribution in [0.3, 0.4) is 0 Å². The van der Waals surface area contributed by atoms with Crippen LogP contribution in [0.2, 0.25) is 0 Å². The van der Waals surface area contributed by atoms with Gasteiger partial charge in [0.1, 0.15) is 11.8 Å². The van der Waals surface area contributed by atoms with Gasteiger partial charge in [0.15, 0.2) is 5.78 Å². The van der Waals surface area contributed by atoms with Gasteiger partial charge in [-0.1, -0.05) is 72.1 Å². The van der Waals surface area contributed by atoms with Crippen LogP contribution in [-0.4, -0.2) is 57.8 Å². The highest BCUT2D eigenvalue weighted by Gasteiger charge is 2.61. The first-order chi connectivity index (χ1) is 21.8. The van der Waals surface area contributed by atoms with Crippen LogP contribution in [0.15, 0.2) is 65.2 Å². The molecule has 1 amide bonds. The van der Waals surface area contributed by atoms with Crippen molar-refractivity contribution in [1.82, 2.24) is 14.9 Å². The van der Waals surface area contributed by atoms with Gasteiger partial charge in [0.25, 0.3) is 0 Å². The van der Waals surface area contributed by atoms with Crippen LogP contribution in [0.25, 0.3) is 22.3 Å². The zero-order valence-corrected chi connectivity index (χ0v) is 27.5. The minimum absolute atomic E-state index is 0.0252. The molecule has 5 atom stereocenters. The molecule has 1 aromatic heterocycles. The van der Waals surface area contributed by atoms with Crippen molar-refractivity contribution < 1.29 is 23.9 Å². The van der Waals surface area contributed by atoms with Crippen molar-refractivity contribution in [3.63, 3.8) is 0 Å². The van der Waals surface area contributed by atoms with Crippen molar-refractivity contribution in [1.29, 1.82) is 0 Å². The van der Waals surface area contributed by atoms with Crippen LogP contribution in [0.4, 0.5) is 0 Å². The molecule has 0 bridgehead atoms. The summed E-state index contributed by atoms with van der Waals surface area (Å²) in [5.41, 5.74) is 2.02. The molecular formula is C36H40BrN3O5. The SMILES string of the molecule is CCOC(=O)[C@]12CC(=O)[C@@H]3C[C@@H](Oc4nc5ccccc5nc4-c4cccc(Br)c4)CN3C(=O)[C@@H](C)CCCCC/C=C\[C@@H]1C2. The van der Waals surface area contributed by atoms with E-state index < -0.39 is 17.6 Å². The van der Waals surface area contributed by atoms with Gasteiger partial charge >= 0.3 is 5.97 Å². The Balaban J connectivity index is 1.32. The number of Topliss-reactive ketones (excluding diaryl/α,β-unsaturated/α-hetero) is 1. The molecule has 0 spiro atoms. The third kappa shape index (κ3) is 6.69. The second kappa shape index (κ2) is 13.4. The first-order valence-electron chi connectivity index (χ1n) is 16.2. The molecule has 2 fully saturated rings. The highest BCUT2D eigenvalue weighted by Crippen LogP contribution is 2.57. The molecule has 2 aromatic carbocycles. The summed E-state index contributed by atoms with van der Waals surface area (Å²) in [7, 11) is 0. The Bertz CT molecular complexity index is 1630. The molecule has 0 unspecified atom stereocenters. The quantitative estimate of drug-likeness (QED) is 0.211. The maximum atomic E-state index is 14.1. The molecule has 2 aliphatic heterocycles. The lowest BCUT2D eigenvalue weighted by atomic mass is 9.91. The van der Waals surface area contributed by atoms with E-state index in [1.165, 1.54) is 0 Å². The third-order valence-electron chi connectivity index (χ3n) is 9.44. The second-order valence-corrected chi connectivity index (χ2v) is 13.6. The number of esters is 1. The van der Waals surface area contributed by atoms with Gasteiger partial charge in [-0.2, -0.15) is 0 Å². The number of halogens is 1. The number of carbonyl (C=O) groups is 3. The van der Waals surface area contributed by atoms with Crippen LogP contribution < -0.4 is 4.74 Å². The lowest BCUT2D eigenvalue weighted by Gasteiger charge is -2.27. The van der Waals surface area contributed by atoms with Crippen molar-refractivity contribution in [2.75, 3.05) is 13.2 Å². The maximum Gasteiger partial charge on any atom is 0.313 e. The van der Waals surface area contributed by atoms with E-state index in [0.29, 0.717) is 29.9 Å². The van der Waals surface area contributed by atoms with Crippen LogP contribution in [-0.2, 0) is 19.1 Å². The number of hydrogen-bond acceptors (Lipinski definition) is 7. The number of hydrogen-bond donors (Lipinski definition) is 0. The van der Waals surface area contributed by atoms with Crippen LogP contribution >= 0.6 is 15.9 Å². The Kier molecular flexibility index (Phi) is 9.36. The first kappa shape index (κ1) is 31.4. The van der Waals surface area contributed by atoms with E-state index in [9.17, 15) is 14.4 Å². The summed E-state index contributed by atoms with van der Waals surface area (Å²) in [5.74, 6) is -0.353. The Labute approximate surface area is 272 Å². The van der Waals surface area contributed by atoms with Crippen LogP contribution in [0.5, 0.6) is 5.88 Å². The number of fused-ring (bicyclic) bond motifs is 3. The summed E-state index contributed by atoms with van der Waals surface area (Å²) in [6.07, 6.45) is 9.44. The van der Waals surface area contributed by atoms with E-state index in [-0.39, 0.29) is 49.1 Å². The Morgan fingerprint density at radius 2 is 1.87 bits per heavy atom. The lowest BCUT2D eigenvalue weighted by Crippen LogP contribution is -2.44. The number of ether oxygens (including phenoxy) is 2. The van der Waals surface area contributed by atoms with E-state index in [2.05, 4.69) is 28.1 Å². The summed E-state index contributed by atoms with van der Waals surface area (Å²) < 4.78 is 13.0. The molecule has 9 heteroatoms. The minimum atomic E-state index is -0.860. The fourth-order valence-corrected chi connectivity index (χ4v) is 7.23. The molecule has 0 N–H and O–H groups in total. The highest BCUT2D eigenvalue weighted by molar-refractivity contribution is 9.10. The van der Waals surface area contributed by atoms with Gasteiger partial charge in [0.2, 0.25) is 11.8 Å². The van der Waals surface area contributed by atoms with Crippen molar-refractivity contribution in [3.8, 4) is 17.1 Å². The Hall–Kier alpha value is -3.59. The molecular weight excluding hydrogens is 634 g/mol. The van der Waals surface area contributed by atoms with E-state index in [4.69, 9.17) is 19.4 Å². The molecule has 3 heterocycles. The van der Waals surface area contributed by atoms with Gasteiger partial charge in [-0.3, -0.25) is 14.4 Å². The number of rotatable bonds is 5. The maximum absolute atomic E-state index is 14.1. The number of nitrogens with zero attached hydrogens (tertiary/aromatic N) is 3. The largest absolute Gasteiger partial charge is 0.471 e. The summed E-state index contributed by atoms with van der Waals surface area (Å²) in [4.78, 5) is 52.7. The summed E-state index contributed by atoms with van der Waals surface area (Å²) in [6.45, 7) is 4.27. The highest BCUT2D eigenvalue weighted by atomic mass is 79.9. The molecule has 6 rings (SSSR count). The summed E-state index contributed by atoms with van der Waals surface area (Å²) in [6, 6.07) is 14.8. The van der Waals surface area contributed by atoms with Gasteiger partial charge in [0.05, 0.1) is 35.6 Å². The number of para-hydroxylation sites is 2. The van der Waals surface area contributed by atoms with Crippen molar-refractivity contribution in [2.45, 2.75) is 77.4 Å². The Morgan fingerprint density at radius 3 is 2.64 bits per heavy atom. The van der Waals surface area contributed by atoms with Gasteiger partial charge in [-0.05, 0) is 62.8 Å². The fourth-order valence-electron chi connectivity index (χ4n) is 6.84. The number of amides is 1. The number of allylic oxidation sites excluding steroid dienone is 2. The Morgan fingerprint density at radius 1 is 1.07 bits per heavy atom. The molecule has 45 heavy (non-hydrogen) atoms. The van der Waals surface area contributed by atoms with E-state index in [1.54, 1.807) is 11.8 Å². The van der Waals surface area contributed by atoms with Gasteiger partial charge < -0.3 is 14.4 Å². The predicted molar refractivity (Wildman–Crippen MR) is 175 cm³/mol. The van der Waals surface area contributed by atoms with Crippen LogP contribution in [0.1, 0.15) is 65.2 Å². The number of benzene rings is 2. The third-order valence-corrected chi connectivity index (χ3v) is 9.93. The average molecular weight is 675 g/mol. The number of aromatic nitrogens is 2. The molecule has 3 aromatic rings. The topological polar surface area (TPSA) is 98.7 Å². The zero-order chi connectivity index (χ0) is 31.6. The monoisotopic (exact) mass is 673 g/mol. The normalized spacial score (nSPS) is 28.0. The molecule has 8 nitrogen and oxygen atoms in total. The summed E-state index contributed by atoms with van der Waals surface area (Å²) in [5, 5.41) is 0. The van der Waals surface area contributed by atoms with Gasteiger partial charge in [0, 0.05) is 28.8 Å². The average Bonchev–Trinajstić information content (AvgIpc) is 3.56. The standard InChI is InChI=1S/C36H40BrN3O5/c1-3-44-35(43)36-20-25(36)14-8-6-4-5-7-12-23(2)34(42)40-22-27(19-30(40)31(41)21-36)45-33-32(24-13-11-15-26(37)18-24)38-28-16-9-10-17-29(28)39-33/h8-11,13-18,23,25,27,30H,3-7,12,19-22H2,1-2H3/b14-8-/t23-,25+,27+,30-,36+/m0/s1. The molecule has 1 aliphatic carbocycles. The zero-order valence-electron chi connectivity index (χ0n) is 25.9. The van der Waals surface area contributed by atoms with Gasteiger partial charge in [-0.15, -0.1) is 0 Å². The molecule has 0 radical (unpaired) electrons. The number of carbonyl (C=O) groups excluding carboxylic acids is 3. The van der Waals surface area contributed by atoms with E-state index in [0.717, 1.165) is 47.7 Å². The first-order valence-corrected chi connectivity index (χ1v) is 16.9. The molecule has 3 aliphatic rings. The van der Waals surface area contributed by atoms with Crippen molar-refractivity contribution in [3.05, 3.63) is 65.2 Å². The van der Waals surface area contributed by atoms with E-state index in [1.807, 2.05) is 55.5 Å². The van der Waals surface area contributed by atoms with Crippen molar-refractivity contribution in [2.24, 2.45) is 17.3 Å². The predicted octanol–water partition coefficient (Wildman–Crippen LogP) is 7.09. The lowest BCUT2D eigenvalue weighted by molar-refractivity contribution is -0.152. The summed E-state index contributed by atoms with van der Waals surface area (Å²) >= 11 is 3.56. The minimum Gasteiger partial charge on any atom is -0.471 e. The van der Waals surface area contributed by atoms with Gasteiger partial charge in [-0.25, -0.2) is 9.97 Å². The second-order valence-electron chi connectivity index (χ2n) is 12.7. The van der Waals surface area contributed by atoms with E-state index >= 15 is 0 Å². The molecule has 1 saturated heterocycles. The smallest absolute Gasteiger partial charge is 0.313 e. The number of ketones is 1. The van der Waals surface area contributed by atoms with Crippen molar-refractivity contribution >= 4 is 44.6 Å². The molecule has 236 valence electrons. The van der Waals surface area contributed by atoms with Crippen LogP contribution in [0, 0.1) is 17.3 Å². The molecule has 1 saturated carbocycles. The fraction of sp³-hybridized carbons (Fsp3) is 0.472.